The number of anilines is 1. The maximum absolute atomic E-state index is 6.03. The quantitative estimate of drug-likeness (QED) is 0.772. The first kappa shape index (κ1) is 12.0. The number of hydrogen-bond donors (Lipinski definition) is 0. The fraction of sp³-hybridized carbons (Fsp3) is 0.357. The van der Waals surface area contributed by atoms with Crippen LogP contribution in [0.15, 0.2) is 29.9 Å². The number of rotatable bonds is 2. The number of pyridine rings is 1. The van der Waals surface area contributed by atoms with Crippen molar-refractivity contribution < 1.29 is 0 Å². The van der Waals surface area contributed by atoms with Crippen molar-refractivity contribution in [1.29, 1.82) is 0 Å². The van der Waals surface area contributed by atoms with Crippen LogP contribution in [0.2, 0.25) is 0 Å². The largest absolute Gasteiger partial charge is 0.363 e. The average Bonchev–Trinajstić information content (AvgIpc) is 2.88. The van der Waals surface area contributed by atoms with Crippen molar-refractivity contribution in [2.24, 2.45) is 0 Å². The van der Waals surface area contributed by atoms with E-state index >= 15 is 0 Å². The molecule has 1 atom stereocenters. The minimum atomic E-state index is 0.408. The Balaban J connectivity index is 1.99. The van der Waals surface area contributed by atoms with Gasteiger partial charge in [-0.3, -0.25) is 4.98 Å². The molecule has 0 bridgehead atoms. The lowest BCUT2D eigenvalue weighted by Crippen LogP contribution is -2.33. The van der Waals surface area contributed by atoms with Crippen molar-refractivity contribution in [2.75, 3.05) is 11.4 Å². The van der Waals surface area contributed by atoms with Crippen LogP contribution < -0.4 is 4.90 Å². The van der Waals surface area contributed by atoms with E-state index in [2.05, 4.69) is 28.3 Å². The zero-order valence-electron chi connectivity index (χ0n) is 10.3. The first-order valence-electron chi connectivity index (χ1n) is 6.13. The summed E-state index contributed by atoms with van der Waals surface area (Å²) in [5, 5.41) is 2.19. The van der Waals surface area contributed by atoms with E-state index in [-0.39, 0.29) is 0 Å². The summed E-state index contributed by atoms with van der Waals surface area (Å²) in [7, 11) is 0. The van der Waals surface area contributed by atoms with Gasteiger partial charge >= 0.3 is 0 Å². The minimum Gasteiger partial charge on any atom is -0.363 e. The van der Waals surface area contributed by atoms with E-state index in [0.717, 1.165) is 18.5 Å². The van der Waals surface area contributed by atoms with Gasteiger partial charge in [0, 0.05) is 23.5 Å². The minimum absolute atomic E-state index is 0.408. The molecule has 2 aromatic heterocycles. The highest BCUT2D eigenvalue weighted by atomic mass is 35.5. The summed E-state index contributed by atoms with van der Waals surface area (Å²) >= 11 is 7.89. The lowest BCUT2D eigenvalue weighted by molar-refractivity contribution is 0.630. The topological polar surface area (TPSA) is 16.1 Å². The molecule has 1 aliphatic rings. The first-order valence-corrected chi connectivity index (χ1v) is 7.54. The fourth-order valence-corrected chi connectivity index (χ4v) is 3.81. The van der Waals surface area contributed by atoms with Gasteiger partial charge in [-0.05, 0) is 42.0 Å². The number of aromatic nitrogens is 1. The van der Waals surface area contributed by atoms with E-state index in [1.165, 1.54) is 16.1 Å². The number of nitrogens with zero attached hydrogens (tertiary/aromatic N) is 2. The SMILES string of the molecule is CC1c2ccsc2CCN1c1cnccc1CCl. The van der Waals surface area contributed by atoms with Crippen molar-refractivity contribution in [3.63, 3.8) is 0 Å². The summed E-state index contributed by atoms with van der Waals surface area (Å²) in [4.78, 5) is 8.19. The van der Waals surface area contributed by atoms with Crippen molar-refractivity contribution in [1.82, 2.24) is 4.98 Å². The number of halogens is 1. The molecule has 0 amide bonds. The molecule has 0 aromatic carbocycles. The molecule has 3 heterocycles. The third-order valence-corrected chi connectivity index (χ3v) is 4.90. The standard InChI is InChI=1S/C14H15ClN2S/c1-10-12-4-7-18-14(12)3-6-17(10)13-9-16-5-2-11(13)8-15/h2,4-5,7,9-10H,3,6,8H2,1H3. The normalized spacial score (nSPS) is 18.8. The Morgan fingerprint density at radius 3 is 3.22 bits per heavy atom. The first-order chi connectivity index (χ1) is 8.81. The molecule has 0 radical (unpaired) electrons. The van der Waals surface area contributed by atoms with Gasteiger partial charge in [0.2, 0.25) is 0 Å². The van der Waals surface area contributed by atoms with E-state index in [9.17, 15) is 0 Å². The highest BCUT2D eigenvalue weighted by molar-refractivity contribution is 7.10. The van der Waals surface area contributed by atoms with Crippen LogP contribution in [-0.4, -0.2) is 11.5 Å². The summed E-state index contributed by atoms with van der Waals surface area (Å²) in [5.74, 6) is 0.539. The van der Waals surface area contributed by atoms with E-state index in [0.29, 0.717) is 11.9 Å². The van der Waals surface area contributed by atoms with E-state index in [1.54, 1.807) is 0 Å². The van der Waals surface area contributed by atoms with Gasteiger partial charge in [-0.2, -0.15) is 0 Å². The van der Waals surface area contributed by atoms with Crippen LogP contribution in [-0.2, 0) is 12.3 Å². The van der Waals surface area contributed by atoms with Gasteiger partial charge in [0.1, 0.15) is 0 Å². The zero-order chi connectivity index (χ0) is 12.5. The average molecular weight is 279 g/mol. The van der Waals surface area contributed by atoms with Gasteiger partial charge in [-0.1, -0.05) is 0 Å². The molecule has 0 fully saturated rings. The molecule has 0 saturated carbocycles. The Bertz CT molecular complexity index is 552. The van der Waals surface area contributed by atoms with Gasteiger partial charge in [0.15, 0.2) is 0 Å². The van der Waals surface area contributed by atoms with Crippen molar-refractivity contribution >= 4 is 28.6 Å². The van der Waals surface area contributed by atoms with Crippen LogP contribution in [0.1, 0.15) is 29.0 Å². The number of hydrogen-bond acceptors (Lipinski definition) is 3. The Hall–Kier alpha value is -1.06. The van der Waals surface area contributed by atoms with Gasteiger partial charge in [0.25, 0.3) is 0 Å². The van der Waals surface area contributed by atoms with Crippen molar-refractivity contribution in [3.05, 3.63) is 45.9 Å². The van der Waals surface area contributed by atoms with Gasteiger partial charge in [0.05, 0.1) is 17.9 Å². The Morgan fingerprint density at radius 1 is 1.50 bits per heavy atom. The summed E-state index contributed by atoms with van der Waals surface area (Å²) in [6, 6.07) is 4.66. The molecule has 4 heteroatoms. The molecule has 18 heavy (non-hydrogen) atoms. The van der Waals surface area contributed by atoms with Crippen LogP contribution in [0.4, 0.5) is 5.69 Å². The second-order valence-electron chi connectivity index (χ2n) is 4.56. The Labute approximate surface area is 116 Å². The zero-order valence-corrected chi connectivity index (χ0v) is 11.8. The number of thiophene rings is 1. The van der Waals surface area contributed by atoms with Gasteiger partial charge in [-0.25, -0.2) is 0 Å². The third kappa shape index (κ3) is 1.91. The highest BCUT2D eigenvalue weighted by Crippen LogP contribution is 2.37. The van der Waals surface area contributed by atoms with Gasteiger partial charge in [-0.15, -0.1) is 22.9 Å². The second-order valence-corrected chi connectivity index (χ2v) is 5.82. The lowest BCUT2D eigenvalue weighted by atomic mass is 10.0. The third-order valence-electron chi connectivity index (χ3n) is 3.62. The molecule has 1 aliphatic heterocycles. The summed E-state index contributed by atoms with van der Waals surface area (Å²) in [5.41, 5.74) is 3.80. The van der Waals surface area contributed by atoms with Crippen LogP contribution >= 0.6 is 22.9 Å². The molecule has 0 N–H and O–H groups in total. The lowest BCUT2D eigenvalue weighted by Gasteiger charge is -2.36. The molecular formula is C14H15ClN2S. The van der Waals surface area contributed by atoms with Crippen LogP contribution in [0.5, 0.6) is 0 Å². The number of alkyl halides is 1. The van der Waals surface area contributed by atoms with E-state index in [4.69, 9.17) is 11.6 Å². The van der Waals surface area contributed by atoms with E-state index in [1.807, 2.05) is 29.8 Å². The maximum atomic E-state index is 6.03. The smallest absolute Gasteiger partial charge is 0.0602 e. The monoisotopic (exact) mass is 278 g/mol. The molecule has 2 nitrogen and oxygen atoms in total. The van der Waals surface area contributed by atoms with Crippen molar-refractivity contribution in [2.45, 2.75) is 25.3 Å². The van der Waals surface area contributed by atoms with E-state index < -0.39 is 0 Å². The molecule has 0 aliphatic carbocycles. The van der Waals surface area contributed by atoms with Crippen LogP contribution in [0, 0.1) is 0 Å². The second kappa shape index (κ2) is 4.90. The van der Waals surface area contributed by atoms with Crippen molar-refractivity contribution in [3.8, 4) is 0 Å². The molecule has 0 spiro atoms. The molecular weight excluding hydrogens is 264 g/mol. The predicted octanol–water partition coefficient (Wildman–Crippen LogP) is 4.01. The summed E-state index contributed by atoms with van der Waals surface area (Å²) in [6.07, 6.45) is 4.87. The molecule has 94 valence electrons. The Morgan fingerprint density at radius 2 is 2.39 bits per heavy atom. The highest BCUT2D eigenvalue weighted by Gasteiger charge is 2.26. The molecule has 0 saturated heterocycles. The maximum Gasteiger partial charge on any atom is 0.0602 e. The molecule has 1 unspecified atom stereocenters. The molecule has 3 rings (SSSR count). The Kier molecular flexibility index (Phi) is 3.27. The van der Waals surface area contributed by atoms with Crippen LogP contribution in [0.25, 0.3) is 0 Å². The van der Waals surface area contributed by atoms with Gasteiger partial charge < -0.3 is 4.90 Å². The fourth-order valence-electron chi connectivity index (χ4n) is 2.63. The summed E-state index contributed by atoms with van der Waals surface area (Å²) in [6.45, 7) is 3.31. The number of fused-ring (bicyclic) bond motifs is 1. The predicted molar refractivity (Wildman–Crippen MR) is 77.6 cm³/mol. The van der Waals surface area contributed by atoms with Crippen LogP contribution in [0.3, 0.4) is 0 Å². The summed E-state index contributed by atoms with van der Waals surface area (Å²) < 4.78 is 0. The molecule has 2 aromatic rings.